The SMILES string of the molecule is CCCCN(c1ccccc1)C1(CN)CCCOCC1. The first kappa shape index (κ1) is 15.3. The van der Waals surface area contributed by atoms with Gasteiger partial charge < -0.3 is 15.4 Å². The Labute approximate surface area is 123 Å². The van der Waals surface area contributed by atoms with Gasteiger partial charge in [0.1, 0.15) is 0 Å². The van der Waals surface area contributed by atoms with Gasteiger partial charge in [-0.05, 0) is 37.8 Å². The number of nitrogens with zero attached hydrogens (tertiary/aromatic N) is 1. The second-order valence-corrected chi connectivity index (χ2v) is 5.74. The first-order valence-electron chi connectivity index (χ1n) is 7.93. The summed E-state index contributed by atoms with van der Waals surface area (Å²) in [4.78, 5) is 2.55. The molecule has 3 heteroatoms. The molecule has 0 saturated carbocycles. The molecule has 0 aromatic heterocycles. The number of hydrogen-bond donors (Lipinski definition) is 1. The van der Waals surface area contributed by atoms with E-state index in [1.807, 2.05) is 0 Å². The minimum atomic E-state index is 0.0625. The summed E-state index contributed by atoms with van der Waals surface area (Å²) in [6, 6.07) is 10.7. The molecular formula is C17H28N2O. The van der Waals surface area contributed by atoms with Crippen LogP contribution in [0.5, 0.6) is 0 Å². The zero-order chi connectivity index (χ0) is 14.3. The highest BCUT2D eigenvalue weighted by molar-refractivity contribution is 5.49. The Morgan fingerprint density at radius 1 is 1.20 bits per heavy atom. The van der Waals surface area contributed by atoms with Gasteiger partial charge in [-0.15, -0.1) is 0 Å². The molecule has 20 heavy (non-hydrogen) atoms. The molecule has 2 N–H and O–H groups in total. The zero-order valence-electron chi connectivity index (χ0n) is 12.7. The number of rotatable bonds is 6. The van der Waals surface area contributed by atoms with Gasteiger partial charge in [0.2, 0.25) is 0 Å². The van der Waals surface area contributed by atoms with E-state index in [0.29, 0.717) is 6.54 Å². The summed E-state index contributed by atoms with van der Waals surface area (Å²) in [5.74, 6) is 0. The quantitative estimate of drug-likeness (QED) is 0.867. The minimum Gasteiger partial charge on any atom is -0.381 e. The molecule has 1 atom stereocenters. The monoisotopic (exact) mass is 276 g/mol. The molecule has 1 fully saturated rings. The molecule has 1 aromatic rings. The first-order valence-corrected chi connectivity index (χ1v) is 7.93. The van der Waals surface area contributed by atoms with Crippen LogP contribution in [0.4, 0.5) is 5.69 Å². The van der Waals surface area contributed by atoms with Gasteiger partial charge >= 0.3 is 0 Å². The topological polar surface area (TPSA) is 38.5 Å². The Kier molecular flexibility index (Phi) is 5.86. The van der Waals surface area contributed by atoms with Crippen molar-refractivity contribution in [2.24, 2.45) is 5.73 Å². The normalized spacial score (nSPS) is 23.3. The van der Waals surface area contributed by atoms with E-state index in [2.05, 4.69) is 42.2 Å². The van der Waals surface area contributed by atoms with Crippen LogP contribution in [0.15, 0.2) is 30.3 Å². The molecule has 1 aromatic carbocycles. The molecule has 1 aliphatic rings. The lowest BCUT2D eigenvalue weighted by molar-refractivity contribution is 0.139. The van der Waals surface area contributed by atoms with E-state index in [4.69, 9.17) is 10.5 Å². The third kappa shape index (κ3) is 3.53. The van der Waals surface area contributed by atoms with E-state index in [-0.39, 0.29) is 5.54 Å². The highest BCUT2D eigenvalue weighted by Gasteiger charge is 2.36. The number of benzene rings is 1. The number of hydrogen-bond acceptors (Lipinski definition) is 3. The third-order valence-corrected chi connectivity index (χ3v) is 4.40. The van der Waals surface area contributed by atoms with Crippen LogP contribution in [0.3, 0.4) is 0 Å². The van der Waals surface area contributed by atoms with Crippen molar-refractivity contribution in [3.63, 3.8) is 0 Å². The summed E-state index contributed by atoms with van der Waals surface area (Å²) < 4.78 is 5.66. The molecule has 0 spiro atoms. The number of nitrogens with two attached hydrogens (primary N) is 1. The lowest BCUT2D eigenvalue weighted by Crippen LogP contribution is -2.55. The van der Waals surface area contributed by atoms with Crippen molar-refractivity contribution in [2.75, 3.05) is 31.2 Å². The maximum atomic E-state index is 6.22. The second-order valence-electron chi connectivity index (χ2n) is 5.74. The zero-order valence-corrected chi connectivity index (χ0v) is 12.7. The second kappa shape index (κ2) is 7.65. The van der Waals surface area contributed by atoms with E-state index in [0.717, 1.165) is 39.0 Å². The van der Waals surface area contributed by atoms with E-state index < -0.39 is 0 Å². The molecule has 2 rings (SSSR count). The largest absolute Gasteiger partial charge is 0.381 e. The van der Waals surface area contributed by atoms with Gasteiger partial charge in [-0.2, -0.15) is 0 Å². The van der Waals surface area contributed by atoms with Gasteiger partial charge in [0, 0.05) is 32.0 Å². The number of unbranched alkanes of at least 4 members (excludes halogenated alkanes) is 1. The Hall–Kier alpha value is -1.06. The summed E-state index contributed by atoms with van der Waals surface area (Å²) in [6.45, 7) is 5.73. The Morgan fingerprint density at radius 2 is 2.00 bits per heavy atom. The average molecular weight is 276 g/mol. The van der Waals surface area contributed by atoms with Crippen LogP contribution in [0, 0.1) is 0 Å². The lowest BCUT2D eigenvalue weighted by atomic mass is 9.87. The van der Waals surface area contributed by atoms with E-state index in [1.54, 1.807) is 0 Å². The predicted octanol–water partition coefficient (Wildman–Crippen LogP) is 3.19. The highest BCUT2D eigenvalue weighted by atomic mass is 16.5. The van der Waals surface area contributed by atoms with Crippen molar-refractivity contribution in [1.82, 2.24) is 0 Å². The molecule has 1 unspecified atom stereocenters. The van der Waals surface area contributed by atoms with Crippen molar-refractivity contribution in [3.8, 4) is 0 Å². The molecule has 0 aliphatic carbocycles. The fourth-order valence-corrected chi connectivity index (χ4v) is 3.14. The Balaban J connectivity index is 2.27. The van der Waals surface area contributed by atoms with E-state index in [9.17, 15) is 0 Å². The smallest absolute Gasteiger partial charge is 0.0546 e. The highest BCUT2D eigenvalue weighted by Crippen LogP contribution is 2.32. The van der Waals surface area contributed by atoms with Gasteiger partial charge in [0.05, 0.1) is 5.54 Å². The van der Waals surface area contributed by atoms with Crippen LogP contribution < -0.4 is 10.6 Å². The summed E-state index contributed by atoms with van der Waals surface area (Å²) >= 11 is 0. The maximum absolute atomic E-state index is 6.22. The summed E-state index contributed by atoms with van der Waals surface area (Å²) in [6.07, 6.45) is 5.68. The number of anilines is 1. The minimum absolute atomic E-state index is 0.0625. The molecule has 1 heterocycles. The fourth-order valence-electron chi connectivity index (χ4n) is 3.14. The fraction of sp³-hybridized carbons (Fsp3) is 0.647. The van der Waals surface area contributed by atoms with Gasteiger partial charge in [-0.25, -0.2) is 0 Å². The van der Waals surface area contributed by atoms with Crippen LogP contribution in [0.25, 0.3) is 0 Å². The van der Waals surface area contributed by atoms with Crippen molar-refractivity contribution in [1.29, 1.82) is 0 Å². The number of para-hydroxylation sites is 1. The van der Waals surface area contributed by atoms with Crippen molar-refractivity contribution in [2.45, 2.75) is 44.6 Å². The van der Waals surface area contributed by atoms with Gasteiger partial charge in [0.15, 0.2) is 0 Å². The molecule has 0 bridgehead atoms. The van der Waals surface area contributed by atoms with Crippen molar-refractivity contribution < 1.29 is 4.74 Å². The summed E-state index contributed by atoms with van der Waals surface area (Å²) in [5, 5.41) is 0. The lowest BCUT2D eigenvalue weighted by Gasteiger charge is -2.44. The van der Waals surface area contributed by atoms with Crippen LogP contribution in [0.1, 0.15) is 39.0 Å². The van der Waals surface area contributed by atoms with Crippen LogP contribution in [-0.4, -0.2) is 31.8 Å². The van der Waals surface area contributed by atoms with E-state index >= 15 is 0 Å². The van der Waals surface area contributed by atoms with Gasteiger partial charge in [-0.1, -0.05) is 31.5 Å². The van der Waals surface area contributed by atoms with Crippen molar-refractivity contribution in [3.05, 3.63) is 30.3 Å². The van der Waals surface area contributed by atoms with E-state index in [1.165, 1.54) is 18.5 Å². The van der Waals surface area contributed by atoms with Crippen molar-refractivity contribution >= 4 is 5.69 Å². The molecule has 0 radical (unpaired) electrons. The van der Waals surface area contributed by atoms with Crippen LogP contribution in [0.2, 0.25) is 0 Å². The predicted molar refractivity (Wildman–Crippen MR) is 85.2 cm³/mol. The maximum Gasteiger partial charge on any atom is 0.0546 e. The van der Waals surface area contributed by atoms with Crippen LogP contribution in [-0.2, 0) is 4.74 Å². The number of ether oxygens (including phenoxy) is 1. The molecule has 112 valence electrons. The Bertz CT molecular complexity index is 372. The summed E-state index contributed by atoms with van der Waals surface area (Å²) in [7, 11) is 0. The first-order chi connectivity index (χ1) is 9.82. The molecule has 0 amide bonds. The van der Waals surface area contributed by atoms with Gasteiger partial charge in [0.25, 0.3) is 0 Å². The standard InChI is InChI=1S/C17H28N2O/c1-2-3-12-19(16-8-5-4-6-9-16)17(15-18)10-7-13-20-14-11-17/h4-6,8-9H,2-3,7,10-15,18H2,1H3. The molecule has 1 saturated heterocycles. The summed E-state index contributed by atoms with van der Waals surface area (Å²) in [5.41, 5.74) is 7.58. The molecule has 3 nitrogen and oxygen atoms in total. The van der Waals surface area contributed by atoms with Crippen LogP contribution >= 0.6 is 0 Å². The molecule has 1 aliphatic heterocycles. The van der Waals surface area contributed by atoms with Gasteiger partial charge in [-0.3, -0.25) is 0 Å². The Morgan fingerprint density at radius 3 is 2.70 bits per heavy atom. The third-order valence-electron chi connectivity index (χ3n) is 4.40. The molecular weight excluding hydrogens is 248 g/mol. The average Bonchev–Trinajstić information content (AvgIpc) is 2.75.